The molecule has 38 heavy (non-hydrogen) atoms. The molecule has 0 radical (unpaired) electrons. The first-order chi connectivity index (χ1) is 18.2. The van der Waals surface area contributed by atoms with Crippen LogP contribution in [0.25, 0.3) is 0 Å². The van der Waals surface area contributed by atoms with E-state index in [-0.39, 0.29) is 35.0 Å². The second-order valence-corrected chi connectivity index (χ2v) is 9.90. The van der Waals surface area contributed by atoms with E-state index in [4.69, 9.17) is 25.8 Å². The van der Waals surface area contributed by atoms with Gasteiger partial charge in [0.2, 0.25) is 5.88 Å². The number of methoxy groups -OCH3 is 2. The molecule has 0 bridgehead atoms. The molecule has 2 aromatic carbocycles. The number of halogens is 1. The van der Waals surface area contributed by atoms with E-state index in [0.717, 1.165) is 5.56 Å². The predicted octanol–water partition coefficient (Wildman–Crippen LogP) is 3.74. The van der Waals surface area contributed by atoms with Crippen LogP contribution in [0.1, 0.15) is 16.1 Å². The highest BCUT2D eigenvalue weighted by Crippen LogP contribution is 2.25. The summed E-state index contributed by atoms with van der Waals surface area (Å²) < 4.78 is 45.0. The van der Waals surface area contributed by atoms with E-state index in [1.165, 1.54) is 55.3 Å². The zero-order valence-corrected chi connectivity index (χ0v) is 22.1. The van der Waals surface area contributed by atoms with E-state index in [1.807, 2.05) is 13.0 Å². The van der Waals surface area contributed by atoms with E-state index in [2.05, 4.69) is 25.1 Å². The van der Waals surface area contributed by atoms with Gasteiger partial charge in [0.1, 0.15) is 5.75 Å². The quantitative estimate of drug-likeness (QED) is 0.297. The Kier molecular flexibility index (Phi) is 7.98. The lowest BCUT2D eigenvalue weighted by atomic mass is 10.2. The molecule has 0 fully saturated rings. The Bertz CT molecular complexity index is 1540. The van der Waals surface area contributed by atoms with Gasteiger partial charge in [0.15, 0.2) is 18.2 Å². The summed E-state index contributed by atoms with van der Waals surface area (Å²) in [6.45, 7) is 1.98. The SMILES string of the molecule is COc1cc(NS(=O)(=O)c2ccc(NC(=O)c3ccn(COc4cc(C)ccc4Cl)n3)cc2)nc(OC)n1. The first-order valence-corrected chi connectivity index (χ1v) is 12.9. The maximum absolute atomic E-state index is 12.8. The van der Waals surface area contributed by atoms with E-state index < -0.39 is 15.9 Å². The number of hydrogen-bond acceptors (Lipinski definition) is 9. The Morgan fingerprint density at radius 2 is 1.79 bits per heavy atom. The van der Waals surface area contributed by atoms with Crippen LogP contribution in [-0.4, -0.2) is 48.3 Å². The summed E-state index contributed by atoms with van der Waals surface area (Å²) in [7, 11) is -1.27. The number of amides is 1. The minimum Gasteiger partial charge on any atom is -0.481 e. The molecule has 0 atom stereocenters. The highest BCUT2D eigenvalue weighted by Gasteiger charge is 2.18. The lowest BCUT2D eigenvalue weighted by Gasteiger charge is -2.10. The second kappa shape index (κ2) is 11.4. The van der Waals surface area contributed by atoms with Crippen molar-refractivity contribution in [3.8, 4) is 17.6 Å². The highest BCUT2D eigenvalue weighted by molar-refractivity contribution is 7.92. The molecule has 0 unspecified atom stereocenters. The molecule has 198 valence electrons. The van der Waals surface area contributed by atoms with Gasteiger partial charge in [-0.1, -0.05) is 17.7 Å². The van der Waals surface area contributed by atoms with Crippen LogP contribution in [0.3, 0.4) is 0 Å². The van der Waals surface area contributed by atoms with E-state index in [9.17, 15) is 13.2 Å². The van der Waals surface area contributed by atoms with Crippen molar-refractivity contribution in [3.63, 3.8) is 0 Å². The Balaban J connectivity index is 1.38. The molecule has 1 amide bonds. The van der Waals surface area contributed by atoms with Crippen LogP contribution in [0.15, 0.2) is 65.7 Å². The minimum absolute atomic E-state index is 0.0321. The summed E-state index contributed by atoms with van der Waals surface area (Å²) in [4.78, 5) is 20.5. The van der Waals surface area contributed by atoms with Crippen LogP contribution in [0.5, 0.6) is 17.6 Å². The van der Waals surface area contributed by atoms with Crippen LogP contribution < -0.4 is 24.2 Å². The van der Waals surface area contributed by atoms with Crippen LogP contribution in [-0.2, 0) is 16.8 Å². The maximum Gasteiger partial charge on any atom is 0.321 e. The molecular formula is C24H23ClN6O6S. The number of anilines is 2. The topological polar surface area (TPSA) is 147 Å². The standard InChI is InChI=1S/C24H23ClN6O6S/c1-15-4-9-18(25)20(12-15)37-14-31-11-10-19(29-31)23(32)26-16-5-7-17(8-6-16)38(33,34)30-21-13-22(35-2)28-24(27-21)36-3/h4-13H,14H2,1-3H3,(H,26,32)(H,27,28,30). The summed E-state index contributed by atoms with van der Waals surface area (Å²) in [5.41, 5.74) is 1.51. The van der Waals surface area contributed by atoms with Crippen molar-refractivity contribution in [3.05, 3.63) is 77.1 Å². The van der Waals surface area contributed by atoms with Gasteiger partial charge in [0.05, 0.1) is 24.1 Å². The molecule has 12 nitrogen and oxygen atoms in total. The zero-order valence-electron chi connectivity index (χ0n) is 20.5. The minimum atomic E-state index is -4.00. The molecule has 4 aromatic rings. The molecule has 0 aliphatic carbocycles. The van der Waals surface area contributed by atoms with Gasteiger partial charge in [0.25, 0.3) is 15.9 Å². The monoisotopic (exact) mass is 558 g/mol. The molecule has 0 aliphatic rings. The fourth-order valence-corrected chi connectivity index (χ4v) is 4.34. The summed E-state index contributed by atoms with van der Waals surface area (Å²) in [5, 5.41) is 7.35. The average Bonchev–Trinajstić information content (AvgIpc) is 3.38. The molecule has 0 saturated carbocycles. The highest BCUT2D eigenvalue weighted by atomic mass is 35.5. The van der Waals surface area contributed by atoms with Crippen LogP contribution >= 0.6 is 11.6 Å². The molecule has 4 rings (SSSR count). The number of carbonyl (C=O) groups excluding carboxylic acids is 1. The fraction of sp³-hybridized carbons (Fsp3) is 0.167. The van der Waals surface area contributed by atoms with Gasteiger partial charge in [0, 0.05) is 18.0 Å². The van der Waals surface area contributed by atoms with Gasteiger partial charge in [-0.05, 0) is 55.0 Å². The van der Waals surface area contributed by atoms with E-state index >= 15 is 0 Å². The Morgan fingerprint density at radius 3 is 2.50 bits per heavy atom. The van der Waals surface area contributed by atoms with Crippen LogP contribution in [0.4, 0.5) is 11.5 Å². The van der Waals surface area contributed by atoms with Crippen molar-refractivity contribution in [2.75, 3.05) is 24.3 Å². The Morgan fingerprint density at radius 1 is 1.03 bits per heavy atom. The van der Waals surface area contributed by atoms with Crippen molar-refractivity contribution >= 4 is 39.0 Å². The lowest BCUT2D eigenvalue weighted by Crippen LogP contribution is -2.16. The van der Waals surface area contributed by atoms with Gasteiger partial charge >= 0.3 is 6.01 Å². The summed E-state index contributed by atoms with van der Waals surface area (Å²) in [5.74, 6) is 0.123. The number of aromatic nitrogens is 4. The smallest absolute Gasteiger partial charge is 0.321 e. The number of benzene rings is 2. The number of carbonyl (C=O) groups is 1. The van der Waals surface area contributed by atoms with Gasteiger partial charge < -0.3 is 19.5 Å². The number of sulfonamides is 1. The van der Waals surface area contributed by atoms with Gasteiger partial charge in [-0.2, -0.15) is 15.1 Å². The first kappa shape index (κ1) is 26.7. The number of nitrogens with one attached hydrogen (secondary N) is 2. The summed E-state index contributed by atoms with van der Waals surface area (Å²) in [6, 6.07) is 13.8. The average molecular weight is 559 g/mol. The third-order valence-corrected chi connectivity index (χ3v) is 6.73. The number of nitrogens with zero attached hydrogens (tertiary/aromatic N) is 4. The molecule has 2 N–H and O–H groups in total. The van der Waals surface area contributed by atoms with Crippen molar-refractivity contribution in [1.29, 1.82) is 0 Å². The normalized spacial score (nSPS) is 11.1. The van der Waals surface area contributed by atoms with E-state index in [1.54, 1.807) is 18.3 Å². The summed E-state index contributed by atoms with van der Waals surface area (Å²) >= 11 is 6.14. The summed E-state index contributed by atoms with van der Waals surface area (Å²) in [6.07, 6.45) is 1.59. The second-order valence-electron chi connectivity index (χ2n) is 7.81. The van der Waals surface area contributed by atoms with Crippen molar-refractivity contribution in [2.45, 2.75) is 18.6 Å². The molecule has 14 heteroatoms. The number of rotatable bonds is 10. The lowest BCUT2D eigenvalue weighted by molar-refractivity contribution is 0.102. The number of aryl methyl sites for hydroxylation is 1. The van der Waals surface area contributed by atoms with Crippen molar-refractivity contribution in [1.82, 2.24) is 19.7 Å². The number of ether oxygens (including phenoxy) is 3. The first-order valence-electron chi connectivity index (χ1n) is 11.0. The number of hydrogen-bond donors (Lipinski definition) is 2. The van der Waals surface area contributed by atoms with Gasteiger partial charge in [-0.3, -0.25) is 9.52 Å². The zero-order chi connectivity index (χ0) is 27.3. The molecule has 0 aliphatic heterocycles. The Labute approximate surface area is 223 Å². The maximum atomic E-state index is 12.8. The van der Waals surface area contributed by atoms with Crippen molar-refractivity contribution in [2.24, 2.45) is 0 Å². The van der Waals surface area contributed by atoms with E-state index in [0.29, 0.717) is 16.5 Å². The van der Waals surface area contributed by atoms with Gasteiger partial charge in [-0.25, -0.2) is 13.1 Å². The Hall–Kier alpha value is -4.36. The predicted molar refractivity (Wildman–Crippen MR) is 139 cm³/mol. The van der Waals surface area contributed by atoms with Gasteiger partial charge in [-0.15, -0.1) is 0 Å². The fourth-order valence-electron chi connectivity index (χ4n) is 3.17. The van der Waals surface area contributed by atoms with Crippen LogP contribution in [0, 0.1) is 6.92 Å². The molecular weight excluding hydrogens is 536 g/mol. The van der Waals surface area contributed by atoms with Crippen LogP contribution in [0.2, 0.25) is 5.02 Å². The largest absolute Gasteiger partial charge is 0.481 e. The molecule has 0 saturated heterocycles. The molecule has 0 spiro atoms. The molecule has 2 aromatic heterocycles. The third kappa shape index (κ3) is 6.49. The van der Waals surface area contributed by atoms with Crippen molar-refractivity contribution < 1.29 is 27.4 Å². The third-order valence-electron chi connectivity index (χ3n) is 5.05. The molecule has 2 heterocycles.